The summed E-state index contributed by atoms with van der Waals surface area (Å²) < 4.78 is 3.19. The second kappa shape index (κ2) is 7.75. The van der Waals surface area contributed by atoms with Crippen LogP contribution in [0.25, 0.3) is 0 Å². The number of rotatable bonds is 6. The van der Waals surface area contributed by atoms with Crippen molar-refractivity contribution in [1.29, 1.82) is 0 Å². The third-order valence-electron chi connectivity index (χ3n) is 4.30. The highest BCUT2D eigenvalue weighted by Crippen LogP contribution is 2.25. The normalized spacial score (nSPS) is 20.4. The van der Waals surface area contributed by atoms with E-state index in [2.05, 4.69) is 52.0 Å². The Morgan fingerprint density at radius 2 is 2.14 bits per heavy atom. The van der Waals surface area contributed by atoms with Crippen LogP contribution in [0, 0.1) is 12.8 Å². The lowest BCUT2D eigenvalue weighted by atomic mass is 10.0. The summed E-state index contributed by atoms with van der Waals surface area (Å²) in [4.78, 5) is 2.62. The molecule has 0 saturated carbocycles. The summed E-state index contributed by atoms with van der Waals surface area (Å²) in [5.41, 5.74) is 2.38. The molecule has 21 heavy (non-hydrogen) atoms. The van der Waals surface area contributed by atoms with Crippen LogP contribution >= 0.6 is 15.9 Å². The first-order valence-corrected chi connectivity index (χ1v) is 8.91. The Labute approximate surface area is 137 Å². The average Bonchev–Trinajstić information content (AvgIpc) is 2.67. The number of halogens is 1. The summed E-state index contributed by atoms with van der Waals surface area (Å²) in [5.74, 6) is 0.718. The Morgan fingerprint density at radius 1 is 1.38 bits per heavy atom. The van der Waals surface area contributed by atoms with E-state index in [1.807, 2.05) is 11.7 Å². The first-order valence-electron chi connectivity index (χ1n) is 8.11. The number of aryl methyl sites for hydroxylation is 2. The van der Waals surface area contributed by atoms with Crippen molar-refractivity contribution in [3.8, 4) is 0 Å². The van der Waals surface area contributed by atoms with Gasteiger partial charge in [0.05, 0.1) is 15.9 Å². The van der Waals surface area contributed by atoms with E-state index in [-0.39, 0.29) is 0 Å². The molecule has 0 bridgehead atoms. The van der Waals surface area contributed by atoms with Crippen LogP contribution in [0.3, 0.4) is 0 Å². The van der Waals surface area contributed by atoms with Gasteiger partial charge < -0.3 is 5.32 Å². The Balaban J connectivity index is 1.98. The Bertz CT molecular complexity index is 455. The quantitative estimate of drug-likeness (QED) is 0.849. The van der Waals surface area contributed by atoms with E-state index in [1.54, 1.807) is 0 Å². The van der Waals surface area contributed by atoms with Gasteiger partial charge in [-0.25, -0.2) is 0 Å². The van der Waals surface area contributed by atoms with E-state index in [0.717, 1.165) is 31.2 Å². The summed E-state index contributed by atoms with van der Waals surface area (Å²) >= 11 is 3.69. The molecule has 4 nitrogen and oxygen atoms in total. The van der Waals surface area contributed by atoms with Crippen molar-refractivity contribution in [1.82, 2.24) is 20.0 Å². The maximum atomic E-state index is 4.51. The minimum absolute atomic E-state index is 0.652. The second-order valence-electron chi connectivity index (χ2n) is 6.64. The van der Waals surface area contributed by atoms with E-state index in [1.165, 1.54) is 36.0 Å². The molecule has 1 aliphatic heterocycles. The fourth-order valence-electron chi connectivity index (χ4n) is 3.08. The first-order chi connectivity index (χ1) is 9.99. The molecular formula is C16H29BrN4. The topological polar surface area (TPSA) is 33.1 Å². The Morgan fingerprint density at radius 3 is 2.76 bits per heavy atom. The zero-order valence-corrected chi connectivity index (χ0v) is 15.4. The van der Waals surface area contributed by atoms with Gasteiger partial charge in [-0.2, -0.15) is 5.10 Å². The third kappa shape index (κ3) is 4.54. The van der Waals surface area contributed by atoms with Crippen LogP contribution in [0.5, 0.6) is 0 Å². The van der Waals surface area contributed by atoms with E-state index in [4.69, 9.17) is 0 Å². The monoisotopic (exact) mass is 356 g/mol. The molecule has 0 aliphatic carbocycles. The van der Waals surface area contributed by atoms with Crippen molar-refractivity contribution in [2.75, 3.05) is 19.6 Å². The molecule has 0 radical (unpaired) electrons. The molecular weight excluding hydrogens is 328 g/mol. The van der Waals surface area contributed by atoms with Crippen LogP contribution < -0.4 is 5.32 Å². The van der Waals surface area contributed by atoms with Crippen LogP contribution in [0.15, 0.2) is 4.47 Å². The Kier molecular flexibility index (Phi) is 6.26. The molecule has 120 valence electrons. The van der Waals surface area contributed by atoms with Crippen molar-refractivity contribution in [3.05, 3.63) is 15.9 Å². The summed E-state index contributed by atoms with van der Waals surface area (Å²) in [6.45, 7) is 11.0. The van der Waals surface area contributed by atoms with E-state index >= 15 is 0 Å². The van der Waals surface area contributed by atoms with Gasteiger partial charge in [0.15, 0.2) is 0 Å². The smallest absolute Gasteiger partial charge is 0.0739 e. The standard InChI is InChI=1S/C16H29BrN4/c1-12(2)9-18-10-14-7-5-6-8-21(14)11-15-16(17)13(3)19-20(15)4/h12,14,18H,5-11H2,1-4H3. The van der Waals surface area contributed by atoms with E-state index in [9.17, 15) is 0 Å². The van der Waals surface area contributed by atoms with Gasteiger partial charge in [0.1, 0.15) is 0 Å². The molecule has 0 amide bonds. The molecule has 1 aromatic heterocycles. The summed E-state index contributed by atoms with van der Waals surface area (Å²) in [6.07, 6.45) is 3.98. The van der Waals surface area contributed by atoms with E-state index < -0.39 is 0 Å². The minimum atomic E-state index is 0.652. The van der Waals surface area contributed by atoms with Crippen molar-refractivity contribution >= 4 is 15.9 Å². The lowest BCUT2D eigenvalue weighted by Gasteiger charge is -2.36. The molecule has 1 aromatic rings. The molecule has 2 rings (SSSR count). The van der Waals surface area contributed by atoms with Crippen molar-refractivity contribution in [3.63, 3.8) is 0 Å². The minimum Gasteiger partial charge on any atom is -0.315 e. The first kappa shape index (κ1) is 17.0. The highest BCUT2D eigenvalue weighted by atomic mass is 79.9. The van der Waals surface area contributed by atoms with Crippen LogP contribution in [-0.4, -0.2) is 40.4 Å². The number of aromatic nitrogens is 2. The van der Waals surface area contributed by atoms with Crippen LogP contribution in [0.4, 0.5) is 0 Å². The lowest BCUT2D eigenvalue weighted by Crippen LogP contribution is -2.45. The van der Waals surface area contributed by atoms with Crippen molar-refractivity contribution in [2.45, 2.75) is 52.6 Å². The molecule has 2 heterocycles. The Hall–Kier alpha value is -0.390. The number of nitrogens with zero attached hydrogens (tertiary/aromatic N) is 3. The van der Waals surface area contributed by atoms with Crippen LogP contribution in [-0.2, 0) is 13.6 Å². The maximum Gasteiger partial charge on any atom is 0.0739 e. The fraction of sp³-hybridized carbons (Fsp3) is 0.812. The fourth-order valence-corrected chi connectivity index (χ4v) is 3.54. The summed E-state index contributed by atoms with van der Waals surface area (Å²) in [6, 6.07) is 0.652. The zero-order valence-electron chi connectivity index (χ0n) is 13.8. The van der Waals surface area contributed by atoms with Crippen LogP contribution in [0.1, 0.15) is 44.5 Å². The maximum absolute atomic E-state index is 4.51. The molecule has 5 heteroatoms. The average molecular weight is 357 g/mol. The molecule has 1 unspecified atom stereocenters. The SMILES string of the molecule is Cc1nn(C)c(CN2CCCCC2CNCC(C)C)c1Br. The van der Waals surface area contributed by atoms with Crippen LogP contribution in [0.2, 0.25) is 0 Å². The predicted octanol–water partition coefficient (Wildman–Crippen LogP) is 3.09. The molecule has 0 spiro atoms. The summed E-state index contributed by atoms with van der Waals surface area (Å²) in [5, 5.41) is 8.14. The molecule has 1 saturated heterocycles. The van der Waals surface area contributed by atoms with E-state index in [0.29, 0.717) is 6.04 Å². The van der Waals surface area contributed by atoms with Gasteiger partial charge in [0.25, 0.3) is 0 Å². The van der Waals surface area contributed by atoms with Gasteiger partial charge in [0.2, 0.25) is 0 Å². The highest BCUT2D eigenvalue weighted by molar-refractivity contribution is 9.10. The number of likely N-dealkylation sites (tertiary alicyclic amines) is 1. The molecule has 1 atom stereocenters. The number of hydrogen-bond donors (Lipinski definition) is 1. The largest absolute Gasteiger partial charge is 0.315 e. The second-order valence-corrected chi connectivity index (χ2v) is 7.43. The number of hydrogen-bond acceptors (Lipinski definition) is 3. The van der Waals surface area contributed by atoms with Crippen molar-refractivity contribution < 1.29 is 0 Å². The number of piperidine rings is 1. The third-order valence-corrected chi connectivity index (χ3v) is 5.33. The van der Waals surface area contributed by atoms with Gasteiger partial charge in [-0.15, -0.1) is 0 Å². The number of nitrogens with one attached hydrogen (secondary N) is 1. The predicted molar refractivity (Wildman–Crippen MR) is 91.4 cm³/mol. The molecule has 1 fully saturated rings. The van der Waals surface area contributed by atoms with Gasteiger partial charge >= 0.3 is 0 Å². The van der Waals surface area contributed by atoms with Gasteiger partial charge in [-0.1, -0.05) is 20.3 Å². The van der Waals surface area contributed by atoms with Gasteiger partial charge in [0, 0.05) is 26.2 Å². The van der Waals surface area contributed by atoms with Crippen molar-refractivity contribution in [2.24, 2.45) is 13.0 Å². The van der Waals surface area contributed by atoms with Gasteiger partial charge in [-0.05, 0) is 54.7 Å². The molecule has 1 aliphatic rings. The molecule has 1 N–H and O–H groups in total. The van der Waals surface area contributed by atoms with Gasteiger partial charge in [-0.3, -0.25) is 9.58 Å². The lowest BCUT2D eigenvalue weighted by molar-refractivity contribution is 0.133. The highest BCUT2D eigenvalue weighted by Gasteiger charge is 2.24. The zero-order chi connectivity index (χ0) is 15.4. The molecule has 0 aromatic carbocycles. The summed E-state index contributed by atoms with van der Waals surface area (Å²) in [7, 11) is 2.04.